The average Bonchev–Trinajstić information content (AvgIpc) is 3.44. The highest BCUT2D eigenvalue weighted by molar-refractivity contribution is 7.12. The van der Waals surface area contributed by atoms with Crippen molar-refractivity contribution >= 4 is 29.0 Å². The number of thiophene rings is 1. The molecule has 3 saturated heterocycles. The summed E-state index contributed by atoms with van der Waals surface area (Å²) >= 11 is 1.33. The monoisotopic (exact) mass is 489 g/mol. The van der Waals surface area contributed by atoms with Crippen LogP contribution in [-0.2, 0) is 9.53 Å². The summed E-state index contributed by atoms with van der Waals surface area (Å²) in [4.78, 5) is 39.7. The van der Waals surface area contributed by atoms with Crippen molar-refractivity contribution in [2.75, 3.05) is 26.2 Å². The van der Waals surface area contributed by atoms with Gasteiger partial charge < -0.3 is 14.5 Å². The van der Waals surface area contributed by atoms with E-state index in [1.807, 2.05) is 72.1 Å². The van der Waals surface area contributed by atoms with Gasteiger partial charge in [0, 0.05) is 24.3 Å². The van der Waals surface area contributed by atoms with Crippen LogP contribution in [0.2, 0.25) is 0 Å². The Hall–Kier alpha value is -3.29. The van der Waals surface area contributed by atoms with E-state index in [9.17, 15) is 14.4 Å². The fraction of sp³-hybridized carbons (Fsp3) is 0.321. The summed E-state index contributed by atoms with van der Waals surface area (Å²) in [6.45, 7) is 2.90. The van der Waals surface area contributed by atoms with Crippen LogP contribution >= 0.6 is 11.3 Å². The largest absolute Gasteiger partial charge is 0.454 e. The van der Waals surface area contributed by atoms with E-state index in [1.54, 1.807) is 6.07 Å². The Morgan fingerprint density at radius 3 is 2.29 bits per heavy atom. The molecule has 7 heteroatoms. The van der Waals surface area contributed by atoms with E-state index in [1.165, 1.54) is 11.3 Å². The highest BCUT2D eigenvalue weighted by Crippen LogP contribution is 2.36. The number of amides is 1. The third kappa shape index (κ3) is 5.21. The molecule has 180 valence electrons. The van der Waals surface area contributed by atoms with Gasteiger partial charge in [0.1, 0.15) is 13.1 Å². The number of carbonyl (C=O) groups is 3. The summed E-state index contributed by atoms with van der Waals surface area (Å²) in [5.74, 6) is -0.333. The summed E-state index contributed by atoms with van der Waals surface area (Å²) in [6.07, 6.45) is 1.59. The third-order valence-electron chi connectivity index (χ3n) is 7.27. The Kier molecular flexibility index (Phi) is 6.79. The Morgan fingerprint density at radius 2 is 1.63 bits per heavy atom. The van der Waals surface area contributed by atoms with E-state index in [-0.39, 0.29) is 23.7 Å². The van der Waals surface area contributed by atoms with Crippen molar-refractivity contribution in [3.8, 4) is 0 Å². The quantitative estimate of drug-likeness (QED) is 0.292. The number of nitrogens with zero attached hydrogens (tertiary/aromatic N) is 1. The van der Waals surface area contributed by atoms with Gasteiger partial charge in [-0.15, -0.1) is 11.3 Å². The molecule has 0 radical (unpaired) electrons. The van der Waals surface area contributed by atoms with Crippen LogP contribution in [0, 0.1) is 5.92 Å². The predicted molar refractivity (Wildman–Crippen MR) is 134 cm³/mol. The molecule has 2 atom stereocenters. The molecule has 2 aromatic carbocycles. The molecule has 0 saturated carbocycles. The number of hydrogen-bond donors (Lipinski definition) is 1. The van der Waals surface area contributed by atoms with Gasteiger partial charge in [-0.2, -0.15) is 0 Å². The Morgan fingerprint density at radius 1 is 0.943 bits per heavy atom. The SMILES string of the molecule is O=C(C[N+]12CCC(CC1)C(OC(=O)C(NC(=O)c1cccs1)c1ccccc1)C2)c1ccccc1. The molecule has 6 nitrogen and oxygen atoms in total. The summed E-state index contributed by atoms with van der Waals surface area (Å²) in [6, 6.07) is 21.2. The maximum Gasteiger partial charge on any atom is 0.333 e. The molecule has 3 aliphatic heterocycles. The molecule has 3 aliphatic rings. The lowest BCUT2D eigenvalue weighted by atomic mass is 9.82. The van der Waals surface area contributed by atoms with Crippen molar-refractivity contribution in [2.45, 2.75) is 25.0 Å². The second kappa shape index (κ2) is 10.1. The number of esters is 1. The number of piperidine rings is 3. The Labute approximate surface area is 209 Å². The molecule has 3 fully saturated rings. The lowest BCUT2D eigenvalue weighted by Crippen LogP contribution is -2.66. The van der Waals surface area contributed by atoms with Crippen molar-refractivity contribution in [1.29, 1.82) is 0 Å². The first-order chi connectivity index (χ1) is 17.0. The number of quaternary nitrogens is 1. The number of ether oxygens (including phenoxy) is 1. The van der Waals surface area contributed by atoms with Crippen LogP contribution in [-0.4, -0.2) is 54.4 Å². The standard InChI is InChI=1S/C28H28N2O4S/c31-23(20-8-3-1-4-9-20)18-30-15-13-21(14-16-30)24(19-30)34-28(33)26(22-10-5-2-6-11-22)29-27(32)25-12-7-17-35-25/h1-12,17,21,24,26H,13-16,18-19H2/p+1. The normalized spacial score (nSPS) is 23.9. The van der Waals surface area contributed by atoms with E-state index in [2.05, 4.69) is 5.32 Å². The minimum absolute atomic E-state index is 0.126. The van der Waals surface area contributed by atoms with Gasteiger partial charge in [-0.05, 0) is 17.0 Å². The van der Waals surface area contributed by atoms with Crippen LogP contribution in [0.3, 0.4) is 0 Å². The molecular formula is C28H29N2O4S+. The van der Waals surface area contributed by atoms with Gasteiger partial charge in [-0.1, -0.05) is 66.7 Å². The number of ketones is 1. The number of carbonyl (C=O) groups excluding carboxylic acids is 3. The zero-order valence-corrected chi connectivity index (χ0v) is 20.3. The van der Waals surface area contributed by atoms with Gasteiger partial charge in [0.15, 0.2) is 12.1 Å². The van der Waals surface area contributed by atoms with Crippen LogP contribution in [0.4, 0.5) is 0 Å². The van der Waals surface area contributed by atoms with Gasteiger partial charge in [0.2, 0.25) is 5.78 Å². The first-order valence-electron chi connectivity index (χ1n) is 12.1. The molecule has 2 unspecified atom stereocenters. The van der Waals surface area contributed by atoms with E-state index in [0.717, 1.165) is 31.5 Å². The lowest BCUT2D eigenvalue weighted by Gasteiger charge is -2.51. The number of Topliss-reactive ketones (excluding diaryl/α,β-unsaturated/α-hetero) is 1. The molecular weight excluding hydrogens is 460 g/mol. The highest BCUT2D eigenvalue weighted by Gasteiger charge is 2.49. The number of hydrogen-bond acceptors (Lipinski definition) is 5. The van der Waals surface area contributed by atoms with Crippen LogP contribution < -0.4 is 5.32 Å². The van der Waals surface area contributed by atoms with Gasteiger partial charge >= 0.3 is 5.97 Å². The number of benzene rings is 2. The Balaban J connectivity index is 1.30. The molecule has 0 spiro atoms. The van der Waals surface area contributed by atoms with Crippen molar-refractivity contribution in [3.05, 3.63) is 94.2 Å². The first kappa shape index (κ1) is 23.5. The van der Waals surface area contributed by atoms with Gasteiger partial charge in [0.05, 0.1) is 18.0 Å². The summed E-state index contributed by atoms with van der Waals surface area (Å²) in [5, 5.41) is 4.70. The highest BCUT2D eigenvalue weighted by atomic mass is 32.1. The molecule has 3 aromatic rings. The second-order valence-corrected chi connectivity index (χ2v) is 10.5. The van der Waals surface area contributed by atoms with Crippen LogP contribution in [0.25, 0.3) is 0 Å². The Bertz CT molecular complexity index is 1170. The van der Waals surface area contributed by atoms with Crippen LogP contribution in [0.5, 0.6) is 0 Å². The van der Waals surface area contributed by atoms with Crippen LogP contribution in [0.15, 0.2) is 78.2 Å². The fourth-order valence-electron chi connectivity index (χ4n) is 5.35. The number of nitrogens with one attached hydrogen (secondary N) is 1. The number of fused-ring (bicyclic) bond motifs is 3. The average molecular weight is 490 g/mol. The summed E-state index contributed by atoms with van der Waals surface area (Å²) in [5.41, 5.74) is 1.41. The summed E-state index contributed by atoms with van der Waals surface area (Å²) in [7, 11) is 0. The van der Waals surface area contributed by atoms with Crippen LogP contribution in [0.1, 0.15) is 44.5 Å². The molecule has 1 amide bonds. The van der Waals surface area contributed by atoms with Gasteiger partial charge in [0.25, 0.3) is 5.91 Å². The zero-order valence-electron chi connectivity index (χ0n) is 19.5. The fourth-order valence-corrected chi connectivity index (χ4v) is 5.97. The molecule has 6 rings (SSSR count). The van der Waals surface area contributed by atoms with E-state index < -0.39 is 12.0 Å². The minimum Gasteiger partial charge on any atom is -0.454 e. The predicted octanol–water partition coefficient (Wildman–Crippen LogP) is 4.25. The van der Waals surface area contributed by atoms with Gasteiger partial charge in [-0.25, -0.2) is 4.79 Å². The lowest BCUT2D eigenvalue weighted by molar-refractivity contribution is -0.938. The molecule has 1 aromatic heterocycles. The third-order valence-corrected chi connectivity index (χ3v) is 8.14. The number of rotatable bonds is 8. The zero-order chi connectivity index (χ0) is 24.3. The van der Waals surface area contributed by atoms with E-state index in [0.29, 0.717) is 28.0 Å². The first-order valence-corrected chi connectivity index (χ1v) is 12.9. The van der Waals surface area contributed by atoms with Crippen molar-refractivity contribution in [2.24, 2.45) is 5.92 Å². The van der Waals surface area contributed by atoms with Crippen molar-refractivity contribution in [1.82, 2.24) is 5.32 Å². The smallest absolute Gasteiger partial charge is 0.333 e. The molecule has 35 heavy (non-hydrogen) atoms. The van der Waals surface area contributed by atoms with Crippen molar-refractivity contribution in [3.63, 3.8) is 0 Å². The maximum absolute atomic E-state index is 13.4. The van der Waals surface area contributed by atoms with E-state index in [4.69, 9.17) is 4.74 Å². The molecule has 0 aliphatic carbocycles. The van der Waals surface area contributed by atoms with Gasteiger partial charge in [-0.3, -0.25) is 9.59 Å². The topological polar surface area (TPSA) is 72.5 Å². The van der Waals surface area contributed by atoms with Crippen molar-refractivity contribution < 1.29 is 23.6 Å². The maximum atomic E-state index is 13.4. The minimum atomic E-state index is -0.888. The molecule has 1 N–H and O–H groups in total. The molecule has 4 heterocycles. The summed E-state index contributed by atoms with van der Waals surface area (Å²) < 4.78 is 6.75. The molecule has 2 bridgehead atoms. The van der Waals surface area contributed by atoms with E-state index >= 15 is 0 Å². The second-order valence-electron chi connectivity index (χ2n) is 9.53.